The van der Waals surface area contributed by atoms with Gasteiger partial charge in [-0.15, -0.1) is 0 Å². The summed E-state index contributed by atoms with van der Waals surface area (Å²) in [5, 5.41) is 1.27. The largest absolute Gasteiger partial charge is 0.468 e. The van der Waals surface area contributed by atoms with Crippen molar-refractivity contribution >= 4 is 10.9 Å². The molecule has 1 atom stereocenters. The van der Waals surface area contributed by atoms with Crippen LogP contribution in [0.2, 0.25) is 0 Å². The third kappa shape index (κ3) is 2.17. The first-order chi connectivity index (χ1) is 9.29. The SMILES string of the molecule is CCc1cccc2c(CC(N)c3ccco3)c[nH]c12. The summed E-state index contributed by atoms with van der Waals surface area (Å²) in [6, 6.07) is 10.1. The first-order valence-electron chi connectivity index (χ1n) is 6.66. The molecule has 0 amide bonds. The second-order valence-corrected chi connectivity index (χ2v) is 4.83. The van der Waals surface area contributed by atoms with E-state index < -0.39 is 0 Å². The van der Waals surface area contributed by atoms with E-state index in [2.05, 4.69) is 36.3 Å². The molecule has 3 nitrogen and oxygen atoms in total. The molecule has 1 unspecified atom stereocenters. The Hall–Kier alpha value is -2.00. The molecule has 0 saturated heterocycles. The molecule has 0 fully saturated rings. The Morgan fingerprint density at radius 2 is 2.11 bits per heavy atom. The number of aryl methyl sites for hydroxylation is 1. The minimum atomic E-state index is -0.0979. The van der Waals surface area contributed by atoms with Crippen LogP contribution < -0.4 is 5.73 Å². The summed E-state index contributed by atoms with van der Waals surface area (Å²) in [5.41, 5.74) is 10.0. The van der Waals surface area contributed by atoms with E-state index in [0.29, 0.717) is 0 Å². The van der Waals surface area contributed by atoms with Crippen molar-refractivity contribution in [3.63, 3.8) is 0 Å². The lowest BCUT2D eigenvalue weighted by Crippen LogP contribution is -2.12. The van der Waals surface area contributed by atoms with Gasteiger partial charge < -0.3 is 15.1 Å². The fourth-order valence-electron chi connectivity index (χ4n) is 2.58. The fourth-order valence-corrected chi connectivity index (χ4v) is 2.58. The maximum absolute atomic E-state index is 6.18. The summed E-state index contributed by atoms with van der Waals surface area (Å²) in [6.07, 6.45) is 5.54. The number of fused-ring (bicyclic) bond motifs is 1. The molecule has 98 valence electrons. The van der Waals surface area contributed by atoms with E-state index >= 15 is 0 Å². The number of hydrogen-bond donors (Lipinski definition) is 2. The predicted octanol–water partition coefficient (Wildman–Crippen LogP) is 3.57. The average Bonchev–Trinajstić information content (AvgIpc) is 3.08. The number of nitrogens with one attached hydrogen (secondary N) is 1. The number of H-pyrrole nitrogens is 1. The predicted molar refractivity (Wildman–Crippen MR) is 77.0 cm³/mol. The van der Waals surface area contributed by atoms with Gasteiger partial charge in [-0.3, -0.25) is 0 Å². The van der Waals surface area contributed by atoms with Crippen LogP contribution in [0.1, 0.15) is 29.9 Å². The van der Waals surface area contributed by atoms with Crippen molar-refractivity contribution in [2.75, 3.05) is 0 Å². The highest BCUT2D eigenvalue weighted by atomic mass is 16.3. The summed E-state index contributed by atoms with van der Waals surface area (Å²) in [6.45, 7) is 2.17. The van der Waals surface area contributed by atoms with Crippen molar-refractivity contribution in [3.8, 4) is 0 Å². The zero-order chi connectivity index (χ0) is 13.2. The number of furan rings is 1. The normalized spacial score (nSPS) is 12.9. The number of hydrogen-bond acceptors (Lipinski definition) is 2. The lowest BCUT2D eigenvalue weighted by atomic mass is 10.0. The molecule has 0 aliphatic rings. The highest BCUT2D eigenvalue weighted by molar-refractivity contribution is 5.86. The first-order valence-corrected chi connectivity index (χ1v) is 6.66. The Morgan fingerprint density at radius 1 is 1.21 bits per heavy atom. The Morgan fingerprint density at radius 3 is 2.84 bits per heavy atom. The molecule has 19 heavy (non-hydrogen) atoms. The molecule has 3 N–H and O–H groups in total. The zero-order valence-electron chi connectivity index (χ0n) is 11.0. The van der Waals surface area contributed by atoms with Gasteiger partial charge in [0.2, 0.25) is 0 Å². The zero-order valence-corrected chi connectivity index (χ0v) is 11.0. The van der Waals surface area contributed by atoms with Crippen LogP contribution in [0.4, 0.5) is 0 Å². The standard InChI is InChI=1S/C16H18N2O/c1-2-11-5-3-6-13-12(10-18-16(11)13)9-14(17)15-7-4-8-19-15/h3-8,10,14,18H,2,9,17H2,1H3. The molecule has 2 heterocycles. The van der Waals surface area contributed by atoms with Crippen LogP contribution in [0, 0.1) is 0 Å². The van der Waals surface area contributed by atoms with Gasteiger partial charge in [0.15, 0.2) is 0 Å². The number of nitrogens with two attached hydrogens (primary N) is 1. The van der Waals surface area contributed by atoms with Crippen LogP contribution in [0.3, 0.4) is 0 Å². The Labute approximate surface area is 112 Å². The van der Waals surface area contributed by atoms with E-state index in [4.69, 9.17) is 10.2 Å². The van der Waals surface area contributed by atoms with Crippen LogP contribution in [0.5, 0.6) is 0 Å². The second kappa shape index (κ2) is 4.94. The number of rotatable bonds is 4. The monoisotopic (exact) mass is 254 g/mol. The van der Waals surface area contributed by atoms with Gasteiger partial charge in [0.25, 0.3) is 0 Å². The van der Waals surface area contributed by atoms with Crippen LogP contribution in [0.25, 0.3) is 10.9 Å². The lowest BCUT2D eigenvalue weighted by Gasteiger charge is -2.08. The number of aromatic amines is 1. The van der Waals surface area contributed by atoms with Gasteiger partial charge in [-0.05, 0) is 36.1 Å². The van der Waals surface area contributed by atoms with Gasteiger partial charge in [-0.25, -0.2) is 0 Å². The lowest BCUT2D eigenvalue weighted by molar-refractivity contribution is 0.465. The van der Waals surface area contributed by atoms with Gasteiger partial charge in [0.05, 0.1) is 12.3 Å². The Balaban J connectivity index is 1.93. The molecule has 0 bridgehead atoms. The topological polar surface area (TPSA) is 54.9 Å². The molecule has 1 aromatic carbocycles. The number of para-hydroxylation sites is 1. The molecule has 3 rings (SSSR count). The van der Waals surface area contributed by atoms with Gasteiger partial charge in [0.1, 0.15) is 5.76 Å². The molecule has 0 radical (unpaired) electrons. The van der Waals surface area contributed by atoms with Crippen molar-refractivity contribution in [1.29, 1.82) is 0 Å². The average molecular weight is 254 g/mol. The summed E-state index contributed by atoms with van der Waals surface area (Å²) >= 11 is 0. The van der Waals surface area contributed by atoms with Gasteiger partial charge in [-0.1, -0.05) is 25.1 Å². The van der Waals surface area contributed by atoms with E-state index in [9.17, 15) is 0 Å². The number of aromatic nitrogens is 1. The Bertz CT molecular complexity index is 667. The molecule has 0 aliphatic carbocycles. The van der Waals surface area contributed by atoms with Gasteiger partial charge in [0, 0.05) is 17.1 Å². The van der Waals surface area contributed by atoms with Gasteiger partial charge >= 0.3 is 0 Å². The van der Waals surface area contributed by atoms with Crippen LogP contribution >= 0.6 is 0 Å². The molecule has 0 aliphatic heterocycles. The van der Waals surface area contributed by atoms with Gasteiger partial charge in [-0.2, -0.15) is 0 Å². The number of benzene rings is 1. The summed E-state index contributed by atoms with van der Waals surface area (Å²) < 4.78 is 5.37. The van der Waals surface area contributed by atoms with Crippen LogP contribution in [0.15, 0.2) is 47.2 Å². The van der Waals surface area contributed by atoms with Crippen molar-refractivity contribution in [2.45, 2.75) is 25.8 Å². The third-order valence-electron chi connectivity index (χ3n) is 3.62. The summed E-state index contributed by atoms with van der Waals surface area (Å²) in [7, 11) is 0. The maximum atomic E-state index is 6.18. The third-order valence-corrected chi connectivity index (χ3v) is 3.62. The van der Waals surface area contributed by atoms with Crippen molar-refractivity contribution in [2.24, 2.45) is 5.73 Å². The highest BCUT2D eigenvalue weighted by Gasteiger charge is 2.13. The van der Waals surface area contributed by atoms with Crippen molar-refractivity contribution < 1.29 is 4.42 Å². The van der Waals surface area contributed by atoms with Crippen LogP contribution in [-0.4, -0.2) is 4.98 Å². The van der Waals surface area contributed by atoms with E-state index in [-0.39, 0.29) is 6.04 Å². The highest BCUT2D eigenvalue weighted by Crippen LogP contribution is 2.25. The smallest absolute Gasteiger partial charge is 0.120 e. The maximum Gasteiger partial charge on any atom is 0.120 e. The van der Waals surface area contributed by atoms with E-state index in [0.717, 1.165) is 18.6 Å². The minimum absolute atomic E-state index is 0.0979. The summed E-state index contributed by atoms with van der Waals surface area (Å²) in [5.74, 6) is 0.834. The minimum Gasteiger partial charge on any atom is -0.468 e. The molecule has 2 aromatic heterocycles. The van der Waals surface area contributed by atoms with Crippen molar-refractivity contribution in [3.05, 3.63) is 59.7 Å². The molecular weight excluding hydrogens is 236 g/mol. The van der Waals surface area contributed by atoms with Crippen LogP contribution in [-0.2, 0) is 12.8 Å². The molecule has 0 spiro atoms. The van der Waals surface area contributed by atoms with E-state index in [1.165, 1.54) is 22.0 Å². The van der Waals surface area contributed by atoms with Crippen molar-refractivity contribution in [1.82, 2.24) is 4.98 Å². The summed E-state index contributed by atoms with van der Waals surface area (Å²) in [4.78, 5) is 3.37. The molecule has 3 heteroatoms. The molecule has 0 saturated carbocycles. The Kier molecular flexibility index (Phi) is 3.13. The molecule has 3 aromatic rings. The van der Waals surface area contributed by atoms with E-state index in [1.807, 2.05) is 12.1 Å². The van der Waals surface area contributed by atoms with E-state index in [1.54, 1.807) is 6.26 Å². The molecular formula is C16H18N2O. The first kappa shape index (κ1) is 12.1. The fraction of sp³-hybridized carbons (Fsp3) is 0.250. The second-order valence-electron chi connectivity index (χ2n) is 4.83. The quantitative estimate of drug-likeness (QED) is 0.748.